The van der Waals surface area contributed by atoms with Gasteiger partial charge in [0, 0.05) is 50.3 Å². The van der Waals surface area contributed by atoms with Gasteiger partial charge >= 0.3 is 5.97 Å². The summed E-state index contributed by atoms with van der Waals surface area (Å²) >= 11 is 0. The first kappa shape index (κ1) is 38.2. The molecule has 55 heavy (non-hydrogen) atoms. The Bertz CT molecular complexity index is 1950. The van der Waals surface area contributed by atoms with Crippen LogP contribution >= 0.6 is 0 Å². The third kappa shape index (κ3) is 8.30. The molecule has 3 N–H and O–H groups in total. The Morgan fingerprint density at radius 2 is 1.60 bits per heavy atom. The Balaban J connectivity index is 1.08. The number of likely N-dealkylation sites (tertiary alicyclic amines) is 1. The molecule has 0 aliphatic carbocycles. The zero-order valence-electron chi connectivity index (χ0n) is 31.6. The van der Waals surface area contributed by atoms with E-state index < -0.39 is 23.9 Å². The maximum absolute atomic E-state index is 13.3. The van der Waals surface area contributed by atoms with Gasteiger partial charge < -0.3 is 39.8 Å². The van der Waals surface area contributed by atoms with Gasteiger partial charge in [0.05, 0.1) is 25.5 Å². The third-order valence-corrected chi connectivity index (χ3v) is 11.3. The molecule has 4 aromatic carbocycles. The van der Waals surface area contributed by atoms with Crippen LogP contribution in [-0.2, 0) is 41.7 Å². The maximum Gasteiger partial charge on any atom is 0.303 e. The Morgan fingerprint density at radius 3 is 2.29 bits per heavy atom. The first-order valence-electron chi connectivity index (χ1n) is 19.1. The number of hydrogen-bond donors (Lipinski definition) is 3. The fourth-order valence-corrected chi connectivity index (χ4v) is 8.13. The number of anilines is 1. The van der Waals surface area contributed by atoms with E-state index in [4.69, 9.17) is 14.2 Å². The van der Waals surface area contributed by atoms with Crippen molar-refractivity contribution >= 4 is 23.5 Å². The third-order valence-electron chi connectivity index (χ3n) is 11.3. The highest BCUT2D eigenvalue weighted by molar-refractivity contribution is 5.93. The predicted octanol–water partition coefficient (Wildman–Crippen LogP) is 5.63. The van der Waals surface area contributed by atoms with Gasteiger partial charge in [-0.05, 0) is 59.7 Å². The van der Waals surface area contributed by atoms with Crippen LogP contribution in [0.15, 0.2) is 103 Å². The molecule has 0 bridgehead atoms. The number of esters is 1. The summed E-state index contributed by atoms with van der Waals surface area (Å²) in [6.45, 7) is 7.99. The minimum absolute atomic E-state index is 0.0210. The number of nitrogens with one attached hydrogen (secondary N) is 2. The van der Waals surface area contributed by atoms with Crippen molar-refractivity contribution in [2.45, 2.75) is 76.9 Å². The van der Waals surface area contributed by atoms with E-state index >= 15 is 0 Å². The highest BCUT2D eigenvalue weighted by Gasteiger charge is 2.51. The molecule has 0 aromatic heterocycles. The molecule has 3 heterocycles. The largest absolute Gasteiger partial charge is 0.453 e. The van der Waals surface area contributed by atoms with Gasteiger partial charge in [0.15, 0.2) is 12.4 Å². The predicted molar refractivity (Wildman–Crippen MR) is 208 cm³/mol. The number of nitrogens with zero attached hydrogens (tertiary/aromatic N) is 2. The van der Waals surface area contributed by atoms with Crippen LogP contribution < -0.4 is 15.5 Å². The molecule has 3 saturated heterocycles. The van der Waals surface area contributed by atoms with Crippen molar-refractivity contribution in [2.24, 2.45) is 5.92 Å². The average Bonchev–Trinajstić information content (AvgIpc) is 3.53. The molecule has 7 rings (SSSR count). The highest BCUT2D eigenvalue weighted by Crippen LogP contribution is 2.43. The zero-order valence-corrected chi connectivity index (χ0v) is 31.6. The summed E-state index contributed by atoms with van der Waals surface area (Å²) in [5, 5.41) is 15.7. The molecule has 3 aliphatic heterocycles. The standard InChI is InChI=1S/C44H50N4O7/c1-29-39(26-47-23-21-44(22-24-47)43(52)46-28-48(44)37-10-5-4-6-11-37)54-42(55-40(29)34-15-13-32(27-49)14-16-34)35-19-17-33(18-20-35)38-12-8-7-9-36(38)25-45-41(51)30(2)53-31(3)50/h4-20,29-30,39-40,42,49H,21-28H2,1-3H3,(H,45,51)(H,46,52)/t29-,30+,39+,40+,42+/m1/s1. The molecule has 0 radical (unpaired) electrons. The number of carbonyl (C=O) groups excluding carboxylic acids is 3. The van der Waals surface area contributed by atoms with Crippen LogP contribution in [0.5, 0.6) is 0 Å². The highest BCUT2D eigenvalue weighted by atomic mass is 16.7. The van der Waals surface area contributed by atoms with Crippen LogP contribution in [0.2, 0.25) is 0 Å². The van der Waals surface area contributed by atoms with E-state index in [2.05, 4.69) is 39.5 Å². The van der Waals surface area contributed by atoms with Crippen LogP contribution in [0, 0.1) is 5.92 Å². The number of rotatable bonds is 11. The molecular weight excluding hydrogens is 697 g/mol. The zero-order chi connectivity index (χ0) is 38.5. The van der Waals surface area contributed by atoms with Gasteiger partial charge in [-0.15, -0.1) is 0 Å². The van der Waals surface area contributed by atoms with E-state index in [1.807, 2.05) is 91.0 Å². The number of carbonyl (C=O) groups is 3. The molecule has 3 aliphatic rings. The Labute approximate surface area is 322 Å². The number of ether oxygens (including phenoxy) is 3. The molecule has 3 fully saturated rings. The molecule has 2 amide bonds. The summed E-state index contributed by atoms with van der Waals surface area (Å²) < 4.78 is 18.6. The number of piperidine rings is 1. The Morgan fingerprint density at radius 1 is 0.927 bits per heavy atom. The van der Waals surface area contributed by atoms with Gasteiger partial charge in [0.1, 0.15) is 5.54 Å². The Kier molecular flexibility index (Phi) is 11.6. The number of aliphatic hydroxyl groups is 1. The lowest BCUT2D eigenvalue weighted by atomic mass is 9.84. The summed E-state index contributed by atoms with van der Waals surface area (Å²) in [6, 6.07) is 34.1. The van der Waals surface area contributed by atoms with E-state index in [1.165, 1.54) is 6.92 Å². The summed E-state index contributed by atoms with van der Waals surface area (Å²) in [6.07, 6.45) is -0.471. The molecule has 1 spiro atoms. The lowest BCUT2D eigenvalue weighted by Crippen LogP contribution is -2.57. The maximum atomic E-state index is 13.3. The fraction of sp³-hybridized carbons (Fsp3) is 0.386. The van der Waals surface area contributed by atoms with Gasteiger partial charge in [-0.3, -0.25) is 14.4 Å². The SMILES string of the molecule is CC(=O)O[C@@H](C)C(=O)NCc1ccccc1-c1ccc([C@H]2O[C@@H](CN3CCC4(CC3)C(=O)NCN4c3ccccc3)[C@@H](C)[C@@H](c3ccc(CO)cc3)O2)cc1. The first-order valence-corrected chi connectivity index (χ1v) is 19.1. The summed E-state index contributed by atoms with van der Waals surface area (Å²) in [7, 11) is 0. The summed E-state index contributed by atoms with van der Waals surface area (Å²) in [5.41, 5.74) is 6.12. The first-order chi connectivity index (χ1) is 26.6. The second-order valence-electron chi connectivity index (χ2n) is 14.8. The lowest BCUT2D eigenvalue weighted by molar-refractivity contribution is -0.276. The molecule has 0 unspecified atom stereocenters. The minimum atomic E-state index is -0.882. The van der Waals surface area contributed by atoms with Crippen molar-refractivity contribution < 1.29 is 33.7 Å². The van der Waals surface area contributed by atoms with Gasteiger partial charge in [-0.1, -0.05) is 97.9 Å². The van der Waals surface area contributed by atoms with E-state index in [0.29, 0.717) is 13.2 Å². The normalized spacial score (nSPS) is 22.9. The quantitative estimate of drug-likeness (QED) is 0.167. The second-order valence-corrected chi connectivity index (χ2v) is 14.8. The molecule has 4 aromatic rings. The van der Waals surface area contributed by atoms with Crippen molar-refractivity contribution in [2.75, 3.05) is 31.2 Å². The Hall–Kier alpha value is -5.07. The lowest BCUT2D eigenvalue weighted by Gasteiger charge is -2.46. The second kappa shape index (κ2) is 16.7. The summed E-state index contributed by atoms with van der Waals surface area (Å²) in [5.74, 6) is -0.746. The van der Waals surface area contributed by atoms with Crippen LogP contribution in [-0.4, -0.2) is 71.8 Å². The number of para-hydroxylation sites is 1. The van der Waals surface area contributed by atoms with Gasteiger partial charge in [0.25, 0.3) is 5.91 Å². The van der Waals surface area contributed by atoms with Crippen LogP contribution in [0.1, 0.15) is 68.3 Å². The number of aliphatic hydroxyl groups excluding tert-OH is 1. The smallest absolute Gasteiger partial charge is 0.303 e. The molecule has 11 nitrogen and oxygen atoms in total. The van der Waals surface area contributed by atoms with Gasteiger partial charge in [-0.2, -0.15) is 0 Å². The molecule has 0 saturated carbocycles. The van der Waals surface area contributed by atoms with Crippen LogP contribution in [0.3, 0.4) is 0 Å². The minimum Gasteiger partial charge on any atom is -0.453 e. The van der Waals surface area contributed by atoms with E-state index in [9.17, 15) is 19.5 Å². The van der Waals surface area contributed by atoms with Crippen molar-refractivity contribution in [1.29, 1.82) is 0 Å². The van der Waals surface area contributed by atoms with Crippen LogP contribution in [0.4, 0.5) is 5.69 Å². The van der Waals surface area contributed by atoms with Crippen LogP contribution in [0.25, 0.3) is 11.1 Å². The van der Waals surface area contributed by atoms with Gasteiger partial charge in [0.2, 0.25) is 5.91 Å². The van der Waals surface area contributed by atoms with Crippen molar-refractivity contribution in [3.8, 4) is 11.1 Å². The summed E-state index contributed by atoms with van der Waals surface area (Å²) in [4.78, 5) is 41.8. The van der Waals surface area contributed by atoms with Gasteiger partial charge in [-0.25, -0.2) is 0 Å². The fourth-order valence-electron chi connectivity index (χ4n) is 8.13. The average molecular weight is 747 g/mol. The number of amides is 2. The van der Waals surface area contributed by atoms with Crippen molar-refractivity contribution in [1.82, 2.24) is 15.5 Å². The number of hydrogen-bond acceptors (Lipinski definition) is 9. The van der Waals surface area contributed by atoms with E-state index in [-0.39, 0.29) is 43.1 Å². The van der Waals surface area contributed by atoms with Crippen molar-refractivity contribution in [3.63, 3.8) is 0 Å². The topological polar surface area (TPSA) is 130 Å². The monoisotopic (exact) mass is 746 g/mol. The van der Waals surface area contributed by atoms with Crippen molar-refractivity contribution in [3.05, 3.63) is 125 Å². The molecule has 11 heteroatoms. The number of benzene rings is 4. The molecule has 288 valence electrons. The van der Waals surface area contributed by atoms with E-state index in [0.717, 1.165) is 65.0 Å². The molecular formula is C44H50N4O7. The molecule has 5 atom stereocenters. The van der Waals surface area contributed by atoms with E-state index in [1.54, 1.807) is 6.92 Å².